The van der Waals surface area contributed by atoms with Gasteiger partial charge in [0.2, 0.25) is 0 Å². The Morgan fingerprint density at radius 2 is 2.20 bits per heavy atom. The van der Waals surface area contributed by atoms with Crippen LogP contribution in [0.2, 0.25) is 0 Å². The van der Waals surface area contributed by atoms with Gasteiger partial charge in [-0.05, 0) is 61.4 Å². The second-order valence-corrected chi connectivity index (χ2v) is 6.73. The lowest BCUT2D eigenvalue weighted by Crippen LogP contribution is -2.36. The van der Waals surface area contributed by atoms with Crippen LogP contribution in [-0.2, 0) is 0 Å². The zero-order chi connectivity index (χ0) is 17.1. The second kappa shape index (κ2) is 7.28. The molecule has 4 nitrogen and oxygen atoms in total. The Morgan fingerprint density at radius 3 is 3.04 bits per heavy atom. The molecule has 2 aliphatic rings. The summed E-state index contributed by atoms with van der Waals surface area (Å²) < 4.78 is 11.3. The van der Waals surface area contributed by atoms with Crippen LogP contribution < -0.4 is 9.47 Å². The van der Waals surface area contributed by atoms with E-state index in [1.165, 1.54) is 30.5 Å². The topological polar surface area (TPSA) is 34.6 Å². The summed E-state index contributed by atoms with van der Waals surface area (Å²) in [6.45, 7) is 2.70. The molecule has 1 atom stereocenters. The maximum absolute atomic E-state index is 5.95. The highest BCUT2D eigenvalue weighted by atomic mass is 16.5. The molecule has 0 spiro atoms. The molecule has 0 saturated carbocycles. The minimum atomic E-state index is 0.405. The van der Waals surface area contributed by atoms with Crippen LogP contribution in [0.3, 0.4) is 0 Å². The lowest BCUT2D eigenvalue weighted by Gasteiger charge is -2.36. The molecule has 1 aromatic heterocycles. The maximum Gasteiger partial charge on any atom is 0.127 e. The van der Waals surface area contributed by atoms with Gasteiger partial charge in [-0.15, -0.1) is 0 Å². The first-order chi connectivity index (χ1) is 12.3. The van der Waals surface area contributed by atoms with Gasteiger partial charge in [0.1, 0.15) is 18.1 Å². The van der Waals surface area contributed by atoms with Crippen molar-refractivity contribution < 1.29 is 9.47 Å². The number of benzene rings is 1. The normalized spacial score (nSPS) is 20.4. The van der Waals surface area contributed by atoms with Crippen molar-refractivity contribution in [2.75, 3.05) is 26.8 Å². The third-order valence-corrected chi connectivity index (χ3v) is 5.04. The summed E-state index contributed by atoms with van der Waals surface area (Å²) in [5, 5.41) is 0. The van der Waals surface area contributed by atoms with Crippen LogP contribution in [0.15, 0.2) is 48.2 Å². The third-order valence-electron chi connectivity index (χ3n) is 5.04. The molecule has 1 aromatic carbocycles. The first-order valence-corrected chi connectivity index (χ1v) is 8.99. The zero-order valence-electron chi connectivity index (χ0n) is 14.6. The predicted molar refractivity (Wildman–Crippen MR) is 98.9 cm³/mol. The lowest BCUT2D eigenvalue weighted by molar-refractivity contribution is 0.154. The van der Waals surface area contributed by atoms with Gasteiger partial charge < -0.3 is 9.47 Å². The number of rotatable bonds is 4. The molecule has 0 radical (unpaired) electrons. The minimum Gasteiger partial charge on any atom is -0.497 e. The van der Waals surface area contributed by atoms with Gasteiger partial charge >= 0.3 is 0 Å². The number of ether oxygens (including phenoxy) is 2. The van der Waals surface area contributed by atoms with Gasteiger partial charge in [-0.3, -0.25) is 9.88 Å². The van der Waals surface area contributed by atoms with Gasteiger partial charge in [0, 0.05) is 18.3 Å². The molecule has 1 saturated heterocycles. The summed E-state index contributed by atoms with van der Waals surface area (Å²) in [7, 11) is 1.70. The van der Waals surface area contributed by atoms with E-state index in [-0.39, 0.29) is 0 Å². The molecule has 130 valence electrons. The molecule has 4 heteroatoms. The summed E-state index contributed by atoms with van der Waals surface area (Å²) in [4.78, 5) is 7.14. The highest BCUT2D eigenvalue weighted by Gasteiger charge is 2.26. The summed E-state index contributed by atoms with van der Waals surface area (Å²) >= 11 is 0. The van der Waals surface area contributed by atoms with Crippen molar-refractivity contribution in [2.24, 2.45) is 0 Å². The van der Waals surface area contributed by atoms with E-state index in [9.17, 15) is 0 Å². The van der Waals surface area contributed by atoms with E-state index in [2.05, 4.69) is 28.1 Å². The van der Waals surface area contributed by atoms with Gasteiger partial charge in [-0.2, -0.15) is 0 Å². The number of aromatic nitrogens is 1. The van der Waals surface area contributed by atoms with Crippen molar-refractivity contribution in [1.29, 1.82) is 0 Å². The van der Waals surface area contributed by atoms with Crippen molar-refractivity contribution in [3.63, 3.8) is 0 Å². The van der Waals surface area contributed by atoms with Crippen LogP contribution in [0, 0.1) is 0 Å². The largest absolute Gasteiger partial charge is 0.497 e. The molecule has 0 bridgehead atoms. The number of methoxy groups -OCH3 is 1. The SMILES string of the molecule is COc1ccc2c(c1)C=C(CN1CCCC[C@H]1c1ccccn1)CO2. The van der Waals surface area contributed by atoms with E-state index in [1.54, 1.807) is 7.11 Å². The van der Waals surface area contributed by atoms with Gasteiger partial charge in [0.05, 0.1) is 18.8 Å². The van der Waals surface area contributed by atoms with Crippen molar-refractivity contribution in [3.05, 3.63) is 59.4 Å². The van der Waals surface area contributed by atoms with E-state index in [4.69, 9.17) is 9.47 Å². The fraction of sp³-hybridized carbons (Fsp3) is 0.381. The Balaban J connectivity index is 1.55. The minimum absolute atomic E-state index is 0.405. The molecule has 0 unspecified atom stereocenters. The quantitative estimate of drug-likeness (QED) is 0.842. The van der Waals surface area contributed by atoms with E-state index in [0.717, 1.165) is 30.2 Å². The average molecular weight is 336 g/mol. The Kier molecular flexibility index (Phi) is 4.70. The van der Waals surface area contributed by atoms with Crippen molar-refractivity contribution in [3.8, 4) is 11.5 Å². The summed E-state index contributed by atoms with van der Waals surface area (Å²) in [6.07, 6.45) is 7.85. The smallest absolute Gasteiger partial charge is 0.127 e. The Bertz CT molecular complexity index is 758. The van der Waals surface area contributed by atoms with Gasteiger partial charge in [0.25, 0.3) is 0 Å². The predicted octanol–water partition coefficient (Wildman–Crippen LogP) is 4.09. The number of hydrogen-bond donors (Lipinski definition) is 0. The van der Waals surface area contributed by atoms with E-state index >= 15 is 0 Å². The number of fused-ring (bicyclic) bond motifs is 1. The van der Waals surface area contributed by atoms with Crippen LogP contribution >= 0.6 is 0 Å². The number of nitrogens with zero attached hydrogens (tertiary/aromatic N) is 2. The first kappa shape index (κ1) is 16.2. The molecule has 2 aromatic rings. The highest BCUT2D eigenvalue weighted by Crippen LogP contribution is 2.33. The van der Waals surface area contributed by atoms with E-state index in [0.29, 0.717) is 12.6 Å². The van der Waals surface area contributed by atoms with Crippen molar-refractivity contribution in [2.45, 2.75) is 25.3 Å². The molecule has 1 fully saturated rings. The van der Waals surface area contributed by atoms with Gasteiger partial charge in [-0.25, -0.2) is 0 Å². The Morgan fingerprint density at radius 1 is 1.24 bits per heavy atom. The number of hydrogen-bond acceptors (Lipinski definition) is 4. The molecule has 0 N–H and O–H groups in total. The van der Waals surface area contributed by atoms with Gasteiger partial charge in [-0.1, -0.05) is 12.5 Å². The molecule has 0 aliphatic carbocycles. The highest BCUT2D eigenvalue weighted by molar-refractivity contribution is 5.64. The summed E-state index contributed by atoms with van der Waals surface area (Å²) in [5.41, 5.74) is 3.59. The monoisotopic (exact) mass is 336 g/mol. The lowest BCUT2D eigenvalue weighted by atomic mass is 9.97. The van der Waals surface area contributed by atoms with Crippen molar-refractivity contribution >= 4 is 6.08 Å². The molecule has 4 rings (SSSR count). The molecular formula is C21H24N2O2. The molecule has 2 aliphatic heterocycles. The number of piperidine rings is 1. The molecule has 25 heavy (non-hydrogen) atoms. The summed E-state index contributed by atoms with van der Waals surface area (Å²) in [6, 6.07) is 12.6. The van der Waals surface area contributed by atoms with Crippen LogP contribution in [0.25, 0.3) is 6.08 Å². The van der Waals surface area contributed by atoms with Crippen LogP contribution in [0.1, 0.15) is 36.6 Å². The second-order valence-electron chi connectivity index (χ2n) is 6.73. The van der Waals surface area contributed by atoms with Crippen LogP contribution in [0.5, 0.6) is 11.5 Å². The first-order valence-electron chi connectivity index (χ1n) is 8.99. The van der Waals surface area contributed by atoms with E-state index < -0.39 is 0 Å². The molecule has 0 amide bonds. The zero-order valence-corrected chi connectivity index (χ0v) is 14.6. The van der Waals surface area contributed by atoms with Crippen molar-refractivity contribution in [1.82, 2.24) is 9.88 Å². The average Bonchev–Trinajstić information content (AvgIpc) is 2.68. The maximum atomic E-state index is 5.95. The standard InChI is InChI=1S/C21H24N2O2/c1-24-18-8-9-21-17(13-18)12-16(15-25-21)14-23-11-5-3-7-20(23)19-6-2-4-10-22-19/h2,4,6,8-10,12-13,20H,3,5,7,11,14-15H2,1H3/t20-/m0/s1. The fourth-order valence-corrected chi connectivity index (χ4v) is 3.77. The Labute approximate surface area is 149 Å². The molecular weight excluding hydrogens is 312 g/mol. The van der Waals surface area contributed by atoms with Gasteiger partial charge in [0.15, 0.2) is 0 Å². The fourth-order valence-electron chi connectivity index (χ4n) is 3.77. The summed E-state index contributed by atoms with van der Waals surface area (Å²) in [5.74, 6) is 1.80. The Hall–Kier alpha value is -2.33. The number of likely N-dealkylation sites (tertiary alicyclic amines) is 1. The van der Waals surface area contributed by atoms with Crippen LogP contribution in [-0.4, -0.2) is 36.7 Å². The third kappa shape index (κ3) is 3.54. The van der Waals surface area contributed by atoms with E-state index in [1.807, 2.05) is 30.5 Å². The number of pyridine rings is 1. The van der Waals surface area contributed by atoms with Crippen LogP contribution in [0.4, 0.5) is 0 Å². The molecule has 3 heterocycles.